The van der Waals surface area contributed by atoms with Gasteiger partial charge in [-0.2, -0.15) is 18.2 Å². The molecule has 21 heavy (non-hydrogen) atoms. The first-order valence-corrected chi connectivity index (χ1v) is 6.33. The highest BCUT2D eigenvalue weighted by Gasteiger charge is 2.30. The molecule has 0 unspecified atom stereocenters. The lowest BCUT2D eigenvalue weighted by Crippen LogP contribution is -2.05. The van der Waals surface area contributed by atoms with E-state index in [1.807, 2.05) is 6.92 Å². The Bertz CT molecular complexity index is 629. The van der Waals surface area contributed by atoms with Gasteiger partial charge in [-0.3, -0.25) is 0 Å². The van der Waals surface area contributed by atoms with E-state index in [1.54, 1.807) is 13.0 Å². The summed E-state index contributed by atoms with van der Waals surface area (Å²) in [6.45, 7) is 4.27. The van der Waals surface area contributed by atoms with Gasteiger partial charge in [0.15, 0.2) is 0 Å². The summed E-state index contributed by atoms with van der Waals surface area (Å²) in [6.07, 6.45) is -4.41. The van der Waals surface area contributed by atoms with E-state index in [0.717, 1.165) is 12.1 Å². The topological polar surface area (TPSA) is 47.0 Å². The van der Waals surface area contributed by atoms with Gasteiger partial charge in [-0.1, -0.05) is 6.07 Å². The number of anilines is 1. The van der Waals surface area contributed by atoms with E-state index < -0.39 is 11.7 Å². The Balaban J connectivity index is 2.26. The summed E-state index contributed by atoms with van der Waals surface area (Å²) in [7, 11) is 0. The Morgan fingerprint density at radius 2 is 1.95 bits per heavy atom. The van der Waals surface area contributed by atoms with Crippen LogP contribution in [0.1, 0.15) is 18.2 Å². The van der Waals surface area contributed by atoms with Crippen LogP contribution in [0, 0.1) is 6.92 Å². The Labute approximate surface area is 120 Å². The number of ether oxygens (including phenoxy) is 1. The van der Waals surface area contributed by atoms with Gasteiger partial charge in [0.1, 0.15) is 5.75 Å². The van der Waals surface area contributed by atoms with Gasteiger partial charge in [0.05, 0.1) is 5.56 Å². The molecule has 0 aliphatic heterocycles. The highest BCUT2D eigenvalue weighted by molar-refractivity contribution is 5.36. The molecule has 7 heteroatoms. The van der Waals surface area contributed by atoms with Crippen LogP contribution in [0.15, 0.2) is 30.3 Å². The van der Waals surface area contributed by atoms with Gasteiger partial charge in [0.2, 0.25) is 11.8 Å². The molecule has 0 bridgehead atoms. The maximum atomic E-state index is 12.6. The first-order valence-electron chi connectivity index (χ1n) is 6.33. The molecule has 1 N–H and O–H groups in total. The van der Waals surface area contributed by atoms with Gasteiger partial charge >= 0.3 is 6.18 Å². The highest BCUT2D eigenvalue weighted by atomic mass is 19.4. The maximum absolute atomic E-state index is 12.6. The molecule has 1 aromatic heterocycles. The van der Waals surface area contributed by atoms with E-state index >= 15 is 0 Å². The molecule has 112 valence electrons. The molecule has 4 nitrogen and oxygen atoms in total. The minimum absolute atomic E-state index is 0.0744. The molecule has 0 spiro atoms. The molecular weight excluding hydrogens is 283 g/mol. The summed E-state index contributed by atoms with van der Waals surface area (Å²) in [6, 6.07) is 6.21. The molecule has 1 aromatic carbocycles. The summed E-state index contributed by atoms with van der Waals surface area (Å²) >= 11 is 0. The number of rotatable bonds is 4. The van der Waals surface area contributed by atoms with Crippen molar-refractivity contribution in [1.82, 2.24) is 9.97 Å². The molecule has 0 saturated heterocycles. The Kier molecular flexibility index (Phi) is 4.30. The largest absolute Gasteiger partial charge is 0.439 e. The van der Waals surface area contributed by atoms with Crippen molar-refractivity contribution in [3.05, 3.63) is 41.6 Å². The van der Waals surface area contributed by atoms with Crippen LogP contribution < -0.4 is 10.1 Å². The summed E-state index contributed by atoms with van der Waals surface area (Å²) < 4.78 is 43.3. The standard InChI is InChI=1S/C14H14F3N3O/c1-3-18-13-19-9(2)7-12(20-13)21-11-6-4-5-10(8-11)14(15,16)17/h4-8H,3H2,1-2H3,(H,18,19,20). The van der Waals surface area contributed by atoms with Crippen molar-refractivity contribution < 1.29 is 17.9 Å². The van der Waals surface area contributed by atoms with Crippen molar-refractivity contribution in [1.29, 1.82) is 0 Å². The van der Waals surface area contributed by atoms with Gasteiger partial charge in [-0.25, -0.2) is 4.98 Å². The van der Waals surface area contributed by atoms with E-state index in [2.05, 4.69) is 15.3 Å². The molecule has 0 fully saturated rings. The smallest absolute Gasteiger partial charge is 0.416 e. The van der Waals surface area contributed by atoms with Crippen molar-refractivity contribution in [3.63, 3.8) is 0 Å². The predicted octanol–water partition coefficient (Wildman–Crippen LogP) is 4.03. The maximum Gasteiger partial charge on any atom is 0.416 e. The van der Waals surface area contributed by atoms with E-state index in [4.69, 9.17) is 4.74 Å². The highest BCUT2D eigenvalue weighted by Crippen LogP contribution is 2.32. The molecule has 0 amide bonds. The van der Waals surface area contributed by atoms with Gasteiger partial charge in [0.25, 0.3) is 0 Å². The number of aromatic nitrogens is 2. The van der Waals surface area contributed by atoms with Crippen molar-refractivity contribution in [2.75, 3.05) is 11.9 Å². The molecule has 1 heterocycles. The van der Waals surface area contributed by atoms with E-state index in [-0.39, 0.29) is 11.6 Å². The van der Waals surface area contributed by atoms with Crippen LogP contribution >= 0.6 is 0 Å². The quantitative estimate of drug-likeness (QED) is 0.925. The summed E-state index contributed by atoms with van der Waals surface area (Å²) in [5.41, 5.74) is -0.111. The molecular formula is C14H14F3N3O. The number of nitrogens with zero attached hydrogens (tertiary/aromatic N) is 2. The van der Waals surface area contributed by atoms with Crippen molar-refractivity contribution in [3.8, 4) is 11.6 Å². The fraction of sp³-hybridized carbons (Fsp3) is 0.286. The lowest BCUT2D eigenvalue weighted by molar-refractivity contribution is -0.137. The van der Waals surface area contributed by atoms with Gasteiger partial charge in [-0.15, -0.1) is 0 Å². The monoisotopic (exact) mass is 297 g/mol. The molecule has 0 aliphatic rings. The summed E-state index contributed by atoms with van der Waals surface area (Å²) in [5.74, 6) is 0.641. The molecule has 2 rings (SSSR count). The first-order chi connectivity index (χ1) is 9.88. The van der Waals surface area contributed by atoms with Crippen molar-refractivity contribution in [2.24, 2.45) is 0 Å². The normalized spacial score (nSPS) is 11.3. The van der Waals surface area contributed by atoms with Crippen LogP contribution in [0.2, 0.25) is 0 Å². The van der Waals surface area contributed by atoms with Crippen LogP contribution in [-0.2, 0) is 6.18 Å². The van der Waals surface area contributed by atoms with Crippen molar-refractivity contribution in [2.45, 2.75) is 20.0 Å². The van der Waals surface area contributed by atoms with Crippen LogP contribution in [0.3, 0.4) is 0 Å². The zero-order chi connectivity index (χ0) is 15.5. The summed E-state index contributed by atoms with van der Waals surface area (Å²) in [4.78, 5) is 8.22. The zero-order valence-corrected chi connectivity index (χ0v) is 11.5. The van der Waals surface area contributed by atoms with E-state index in [9.17, 15) is 13.2 Å². The molecule has 0 saturated carbocycles. The molecule has 2 aromatic rings. The number of benzene rings is 1. The van der Waals surface area contributed by atoms with Crippen LogP contribution in [-0.4, -0.2) is 16.5 Å². The van der Waals surface area contributed by atoms with Gasteiger partial charge in [0, 0.05) is 18.3 Å². The third-order valence-corrected chi connectivity index (χ3v) is 2.55. The molecule has 0 atom stereocenters. The van der Waals surface area contributed by atoms with Crippen LogP contribution in [0.4, 0.5) is 19.1 Å². The first kappa shape index (κ1) is 15.1. The fourth-order valence-electron chi connectivity index (χ4n) is 1.69. The molecule has 0 aliphatic carbocycles. The zero-order valence-electron chi connectivity index (χ0n) is 11.5. The van der Waals surface area contributed by atoms with E-state index in [0.29, 0.717) is 18.2 Å². The average Bonchev–Trinajstić information content (AvgIpc) is 2.37. The SMILES string of the molecule is CCNc1nc(C)cc(Oc2cccc(C(F)(F)F)c2)n1. The number of aryl methyl sites for hydroxylation is 1. The second kappa shape index (κ2) is 5.99. The third kappa shape index (κ3) is 4.08. The van der Waals surface area contributed by atoms with Crippen LogP contribution in [0.25, 0.3) is 0 Å². The van der Waals surface area contributed by atoms with E-state index in [1.165, 1.54) is 12.1 Å². The lowest BCUT2D eigenvalue weighted by atomic mass is 10.2. The molecule has 0 radical (unpaired) electrons. The van der Waals surface area contributed by atoms with Gasteiger partial charge < -0.3 is 10.1 Å². The van der Waals surface area contributed by atoms with Crippen LogP contribution in [0.5, 0.6) is 11.6 Å². The Morgan fingerprint density at radius 1 is 1.19 bits per heavy atom. The van der Waals surface area contributed by atoms with Crippen molar-refractivity contribution >= 4 is 5.95 Å². The number of nitrogens with one attached hydrogen (secondary N) is 1. The summed E-state index contributed by atoms with van der Waals surface area (Å²) in [5, 5.41) is 2.93. The number of hydrogen-bond donors (Lipinski definition) is 1. The second-order valence-electron chi connectivity index (χ2n) is 4.33. The second-order valence-corrected chi connectivity index (χ2v) is 4.33. The third-order valence-electron chi connectivity index (χ3n) is 2.55. The predicted molar refractivity (Wildman–Crippen MR) is 72.5 cm³/mol. The number of hydrogen-bond acceptors (Lipinski definition) is 4. The Hall–Kier alpha value is -2.31. The number of halogens is 3. The lowest BCUT2D eigenvalue weighted by Gasteiger charge is -2.10. The van der Waals surface area contributed by atoms with Gasteiger partial charge in [-0.05, 0) is 32.0 Å². The minimum Gasteiger partial charge on any atom is -0.439 e. The Morgan fingerprint density at radius 3 is 2.62 bits per heavy atom. The minimum atomic E-state index is -4.41. The fourth-order valence-corrected chi connectivity index (χ4v) is 1.69. The average molecular weight is 297 g/mol. The number of alkyl halides is 3.